The molecular weight excluding hydrogens is 380 g/mol. The number of halogens is 2. The van der Waals surface area contributed by atoms with Crippen LogP contribution in [-0.4, -0.2) is 5.11 Å². The molecule has 1 fully saturated rings. The third-order valence-electron chi connectivity index (χ3n) is 4.57. The van der Waals surface area contributed by atoms with Crippen molar-refractivity contribution in [1.82, 2.24) is 0 Å². The molecule has 0 heterocycles. The summed E-state index contributed by atoms with van der Waals surface area (Å²) in [6, 6.07) is 4.17. The van der Waals surface area contributed by atoms with Gasteiger partial charge in [0.05, 0.1) is 8.95 Å². The zero-order valence-electron chi connectivity index (χ0n) is 12.2. The zero-order valence-corrected chi connectivity index (χ0v) is 15.3. The molecule has 1 nitrogen and oxygen atoms in total. The average Bonchev–Trinajstić information content (AvgIpc) is 2.45. The Labute approximate surface area is 139 Å². The van der Waals surface area contributed by atoms with Crippen molar-refractivity contribution in [1.29, 1.82) is 0 Å². The fourth-order valence-electron chi connectivity index (χ4n) is 3.29. The smallest absolute Gasteiger partial charge is 0.143 e. The van der Waals surface area contributed by atoms with Gasteiger partial charge in [-0.15, -0.1) is 0 Å². The predicted molar refractivity (Wildman–Crippen MR) is 92.3 cm³/mol. The Morgan fingerprint density at radius 1 is 1.05 bits per heavy atom. The standard InChI is InChI=1S/C17H24Br2O/c1-2-3-4-5-12-6-8-13(9-7-12)14-10-15(18)17(20)16(19)11-14/h10-13,20H,2-9H2,1H3. The first kappa shape index (κ1) is 16.4. The third-order valence-corrected chi connectivity index (χ3v) is 5.78. The summed E-state index contributed by atoms with van der Waals surface area (Å²) in [4.78, 5) is 0. The highest BCUT2D eigenvalue weighted by molar-refractivity contribution is 9.11. The molecule has 2 rings (SSSR count). The van der Waals surface area contributed by atoms with Gasteiger partial charge in [0, 0.05) is 0 Å². The van der Waals surface area contributed by atoms with E-state index < -0.39 is 0 Å². The topological polar surface area (TPSA) is 20.2 Å². The summed E-state index contributed by atoms with van der Waals surface area (Å²) in [5, 5.41) is 9.80. The summed E-state index contributed by atoms with van der Waals surface area (Å²) in [6.07, 6.45) is 10.9. The molecule has 0 amide bonds. The number of hydrogen-bond donors (Lipinski definition) is 1. The van der Waals surface area contributed by atoms with Gasteiger partial charge in [0.2, 0.25) is 0 Å². The Morgan fingerprint density at radius 2 is 1.65 bits per heavy atom. The number of phenolic OH excluding ortho intramolecular Hbond substituents is 1. The van der Waals surface area contributed by atoms with Gasteiger partial charge in [0.25, 0.3) is 0 Å². The molecule has 0 aliphatic heterocycles. The number of hydrogen-bond acceptors (Lipinski definition) is 1. The second-order valence-corrected chi connectivity index (χ2v) is 7.76. The molecule has 1 aliphatic rings. The van der Waals surface area contributed by atoms with Gasteiger partial charge in [-0.1, -0.05) is 32.6 Å². The number of phenols is 1. The fraction of sp³-hybridized carbons (Fsp3) is 0.647. The predicted octanol–water partition coefficient (Wildman–Crippen LogP) is 6.77. The minimum Gasteiger partial charge on any atom is -0.506 e. The molecule has 0 unspecified atom stereocenters. The van der Waals surface area contributed by atoms with Crippen LogP contribution in [0.1, 0.15) is 69.8 Å². The number of rotatable bonds is 5. The second-order valence-electron chi connectivity index (χ2n) is 6.05. The van der Waals surface area contributed by atoms with Crippen LogP contribution in [0.2, 0.25) is 0 Å². The maximum Gasteiger partial charge on any atom is 0.143 e. The molecule has 0 radical (unpaired) electrons. The van der Waals surface area contributed by atoms with Crippen molar-refractivity contribution in [3.8, 4) is 5.75 Å². The van der Waals surface area contributed by atoms with Crippen molar-refractivity contribution >= 4 is 31.9 Å². The first-order chi connectivity index (χ1) is 9.61. The van der Waals surface area contributed by atoms with Crippen LogP contribution >= 0.6 is 31.9 Å². The third kappa shape index (κ3) is 4.24. The van der Waals surface area contributed by atoms with Crippen LogP contribution in [0.25, 0.3) is 0 Å². The minimum atomic E-state index is 0.307. The van der Waals surface area contributed by atoms with Gasteiger partial charge >= 0.3 is 0 Å². The van der Waals surface area contributed by atoms with Crippen molar-refractivity contribution in [3.63, 3.8) is 0 Å². The van der Waals surface area contributed by atoms with E-state index in [2.05, 4.69) is 50.9 Å². The summed E-state index contributed by atoms with van der Waals surface area (Å²) >= 11 is 6.87. The lowest BCUT2D eigenvalue weighted by molar-refractivity contribution is 0.302. The van der Waals surface area contributed by atoms with Crippen LogP contribution in [0, 0.1) is 5.92 Å². The highest BCUT2D eigenvalue weighted by Gasteiger charge is 2.23. The lowest BCUT2D eigenvalue weighted by Crippen LogP contribution is -2.13. The lowest BCUT2D eigenvalue weighted by Gasteiger charge is -2.29. The molecule has 1 saturated carbocycles. The van der Waals surface area contributed by atoms with E-state index in [1.165, 1.54) is 56.9 Å². The maximum atomic E-state index is 9.80. The van der Waals surface area contributed by atoms with Crippen LogP contribution in [-0.2, 0) is 0 Å². The van der Waals surface area contributed by atoms with Gasteiger partial charge in [-0.05, 0) is 87.1 Å². The summed E-state index contributed by atoms with van der Waals surface area (Å²) < 4.78 is 1.60. The van der Waals surface area contributed by atoms with Gasteiger partial charge in [-0.25, -0.2) is 0 Å². The monoisotopic (exact) mass is 402 g/mol. The van der Waals surface area contributed by atoms with Gasteiger partial charge in [-0.2, -0.15) is 0 Å². The number of benzene rings is 1. The Morgan fingerprint density at radius 3 is 2.20 bits per heavy atom. The fourth-order valence-corrected chi connectivity index (χ4v) is 4.51. The van der Waals surface area contributed by atoms with E-state index >= 15 is 0 Å². The van der Waals surface area contributed by atoms with Gasteiger partial charge in [0.15, 0.2) is 0 Å². The van der Waals surface area contributed by atoms with E-state index in [4.69, 9.17) is 0 Å². The largest absolute Gasteiger partial charge is 0.506 e. The molecule has 0 aromatic heterocycles. The van der Waals surface area contributed by atoms with Crippen LogP contribution in [0.5, 0.6) is 5.75 Å². The summed E-state index contributed by atoms with van der Waals surface area (Å²) in [5.74, 6) is 1.91. The van der Waals surface area contributed by atoms with Gasteiger partial charge < -0.3 is 5.11 Å². The molecule has 1 N–H and O–H groups in total. The van der Waals surface area contributed by atoms with Crippen LogP contribution < -0.4 is 0 Å². The van der Waals surface area contributed by atoms with E-state index in [-0.39, 0.29) is 0 Å². The summed E-state index contributed by atoms with van der Waals surface area (Å²) in [5.41, 5.74) is 1.36. The molecule has 1 aliphatic carbocycles. The molecule has 0 bridgehead atoms. The Hall–Kier alpha value is -0.0200. The maximum absolute atomic E-state index is 9.80. The van der Waals surface area contributed by atoms with Crippen LogP contribution in [0.15, 0.2) is 21.1 Å². The SMILES string of the molecule is CCCCCC1CCC(c2cc(Br)c(O)c(Br)c2)CC1. The molecule has 0 spiro atoms. The highest BCUT2D eigenvalue weighted by atomic mass is 79.9. The Bertz CT molecular complexity index is 414. The molecular formula is C17H24Br2O. The minimum absolute atomic E-state index is 0.307. The van der Waals surface area contributed by atoms with Gasteiger partial charge in [0.1, 0.15) is 5.75 Å². The van der Waals surface area contributed by atoms with Crippen molar-refractivity contribution in [2.75, 3.05) is 0 Å². The van der Waals surface area contributed by atoms with Crippen LogP contribution in [0.4, 0.5) is 0 Å². The van der Waals surface area contributed by atoms with Gasteiger partial charge in [-0.3, -0.25) is 0 Å². The van der Waals surface area contributed by atoms with Crippen molar-refractivity contribution in [2.24, 2.45) is 5.92 Å². The van der Waals surface area contributed by atoms with E-state index in [0.29, 0.717) is 11.7 Å². The van der Waals surface area contributed by atoms with E-state index in [0.717, 1.165) is 14.9 Å². The van der Waals surface area contributed by atoms with E-state index in [1.54, 1.807) is 0 Å². The molecule has 112 valence electrons. The molecule has 1 aromatic carbocycles. The van der Waals surface area contributed by atoms with Crippen LogP contribution in [0.3, 0.4) is 0 Å². The summed E-state index contributed by atoms with van der Waals surface area (Å²) in [6.45, 7) is 2.28. The van der Waals surface area contributed by atoms with E-state index in [1.807, 2.05) is 0 Å². The normalized spacial score (nSPS) is 22.9. The molecule has 0 atom stereocenters. The second kappa shape index (κ2) is 7.84. The first-order valence-electron chi connectivity index (χ1n) is 7.79. The molecule has 3 heteroatoms. The molecule has 1 aromatic rings. The van der Waals surface area contributed by atoms with Crippen molar-refractivity contribution in [2.45, 2.75) is 64.2 Å². The number of unbranched alkanes of at least 4 members (excludes halogenated alkanes) is 2. The summed E-state index contributed by atoms with van der Waals surface area (Å²) in [7, 11) is 0. The van der Waals surface area contributed by atoms with Crippen molar-refractivity contribution in [3.05, 3.63) is 26.6 Å². The number of aromatic hydroxyl groups is 1. The Balaban J connectivity index is 1.90. The van der Waals surface area contributed by atoms with E-state index in [9.17, 15) is 5.11 Å². The first-order valence-corrected chi connectivity index (χ1v) is 9.38. The Kier molecular flexibility index (Phi) is 6.41. The average molecular weight is 404 g/mol. The highest BCUT2D eigenvalue weighted by Crippen LogP contribution is 2.41. The zero-order chi connectivity index (χ0) is 14.5. The molecule has 20 heavy (non-hydrogen) atoms. The molecule has 0 saturated heterocycles. The van der Waals surface area contributed by atoms with Crippen molar-refractivity contribution < 1.29 is 5.11 Å². The lowest BCUT2D eigenvalue weighted by atomic mass is 9.77. The quantitative estimate of drug-likeness (QED) is 0.537.